The van der Waals surface area contributed by atoms with Crippen molar-refractivity contribution in [1.82, 2.24) is 9.29 Å². The highest BCUT2D eigenvalue weighted by Gasteiger charge is 2.26. The van der Waals surface area contributed by atoms with Crippen LogP contribution in [0.3, 0.4) is 0 Å². The molecule has 0 aromatic carbocycles. The first-order valence-corrected chi connectivity index (χ1v) is 7.23. The van der Waals surface area contributed by atoms with Crippen LogP contribution in [0.15, 0.2) is 17.2 Å². The molecular weight excluding hydrogens is 274 g/mol. The van der Waals surface area contributed by atoms with Gasteiger partial charge in [-0.05, 0) is 11.5 Å². The largest absolute Gasteiger partial charge is 0.382 e. The number of pyridine rings is 1. The predicted molar refractivity (Wildman–Crippen MR) is 72.9 cm³/mol. The van der Waals surface area contributed by atoms with E-state index in [1.807, 2.05) is 20.8 Å². The molecule has 0 saturated carbocycles. The van der Waals surface area contributed by atoms with Crippen LogP contribution in [0.1, 0.15) is 20.8 Å². The molecule has 2 N–H and O–H groups in total. The van der Waals surface area contributed by atoms with Gasteiger partial charge in [-0.3, -0.25) is 0 Å². The molecule has 5 nitrogen and oxygen atoms in total. The van der Waals surface area contributed by atoms with Crippen molar-refractivity contribution >= 4 is 27.4 Å². The minimum Gasteiger partial charge on any atom is -0.382 e. The first-order chi connectivity index (χ1) is 8.04. The predicted octanol–water partition coefficient (Wildman–Crippen LogP) is 1.98. The van der Waals surface area contributed by atoms with E-state index in [4.69, 9.17) is 17.3 Å². The van der Waals surface area contributed by atoms with Gasteiger partial charge in [0.2, 0.25) is 10.0 Å². The van der Waals surface area contributed by atoms with Crippen LogP contribution < -0.4 is 5.73 Å². The Morgan fingerprint density at radius 3 is 2.44 bits per heavy atom. The Balaban J connectivity index is 3.10. The second-order valence-electron chi connectivity index (χ2n) is 5.36. The Labute approximate surface area is 113 Å². The van der Waals surface area contributed by atoms with E-state index in [-0.39, 0.29) is 21.2 Å². The van der Waals surface area contributed by atoms with Gasteiger partial charge in [-0.1, -0.05) is 32.4 Å². The molecule has 0 spiro atoms. The summed E-state index contributed by atoms with van der Waals surface area (Å²) in [5.74, 6) is 0.120. The van der Waals surface area contributed by atoms with E-state index in [1.54, 1.807) is 0 Å². The first-order valence-electron chi connectivity index (χ1n) is 5.41. The average molecular weight is 292 g/mol. The lowest BCUT2D eigenvalue weighted by atomic mass is 9.97. The minimum absolute atomic E-state index is 0.0495. The fourth-order valence-corrected chi connectivity index (χ4v) is 3.11. The van der Waals surface area contributed by atoms with E-state index >= 15 is 0 Å². The number of hydrogen-bond donors (Lipinski definition) is 1. The van der Waals surface area contributed by atoms with E-state index in [0.717, 1.165) is 0 Å². The van der Waals surface area contributed by atoms with Crippen molar-refractivity contribution in [3.63, 3.8) is 0 Å². The standard InChI is InChI=1S/C11H18ClN3O2S/c1-11(2,3)7-15(4)18(16,17)8-5-9(12)10(13)14-6-8/h5-6H,7H2,1-4H3,(H2,13,14). The van der Waals surface area contributed by atoms with Crippen molar-refractivity contribution in [3.8, 4) is 0 Å². The van der Waals surface area contributed by atoms with Crippen molar-refractivity contribution in [2.75, 3.05) is 19.3 Å². The van der Waals surface area contributed by atoms with E-state index in [2.05, 4.69) is 4.98 Å². The number of aromatic nitrogens is 1. The van der Waals surface area contributed by atoms with Gasteiger partial charge in [0.05, 0.1) is 5.02 Å². The zero-order valence-corrected chi connectivity index (χ0v) is 12.5. The molecule has 0 fully saturated rings. The van der Waals surface area contributed by atoms with Crippen LogP contribution in [0.2, 0.25) is 5.02 Å². The highest BCUT2D eigenvalue weighted by molar-refractivity contribution is 7.89. The van der Waals surface area contributed by atoms with E-state index < -0.39 is 10.0 Å². The summed E-state index contributed by atoms with van der Waals surface area (Å²) < 4.78 is 25.8. The van der Waals surface area contributed by atoms with Gasteiger partial charge in [-0.2, -0.15) is 0 Å². The van der Waals surface area contributed by atoms with Gasteiger partial charge in [0, 0.05) is 19.8 Å². The van der Waals surface area contributed by atoms with Crippen LogP contribution in [-0.4, -0.2) is 31.3 Å². The fraction of sp³-hybridized carbons (Fsp3) is 0.545. The maximum Gasteiger partial charge on any atom is 0.244 e. The molecule has 0 aliphatic rings. The molecular formula is C11H18ClN3O2S. The average Bonchev–Trinajstić information content (AvgIpc) is 2.19. The molecule has 18 heavy (non-hydrogen) atoms. The Bertz CT molecular complexity index is 538. The summed E-state index contributed by atoms with van der Waals surface area (Å²) in [6.07, 6.45) is 1.22. The Kier molecular flexibility index (Phi) is 4.25. The van der Waals surface area contributed by atoms with Crippen molar-refractivity contribution in [1.29, 1.82) is 0 Å². The van der Waals surface area contributed by atoms with Crippen LogP contribution in [0.5, 0.6) is 0 Å². The molecule has 0 atom stereocenters. The smallest absolute Gasteiger partial charge is 0.244 e. The molecule has 0 saturated heterocycles. The SMILES string of the molecule is CN(CC(C)(C)C)S(=O)(=O)c1cnc(N)c(Cl)c1. The number of sulfonamides is 1. The van der Waals surface area contributed by atoms with Gasteiger partial charge in [0.25, 0.3) is 0 Å². The Morgan fingerprint density at radius 1 is 1.44 bits per heavy atom. The number of nitrogens with two attached hydrogens (primary N) is 1. The van der Waals surface area contributed by atoms with Crippen molar-refractivity contribution < 1.29 is 8.42 Å². The highest BCUT2D eigenvalue weighted by atomic mass is 35.5. The van der Waals surface area contributed by atoms with Gasteiger partial charge in [-0.25, -0.2) is 17.7 Å². The van der Waals surface area contributed by atoms with Crippen molar-refractivity contribution in [3.05, 3.63) is 17.3 Å². The molecule has 0 amide bonds. The zero-order chi connectivity index (χ0) is 14.1. The summed E-state index contributed by atoms with van der Waals surface area (Å²) in [4.78, 5) is 3.81. The maximum absolute atomic E-state index is 12.3. The van der Waals surface area contributed by atoms with Crippen LogP contribution in [0, 0.1) is 5.41 Å². The number of anilines is 1. The number of rotatable bonds is 3. The molecule has 1 aromatic rings. The van der Waals surface area contributed by atoms with Crippen molar-refractivity contribution in [2.45, 2.75) is 25.7 Å². The highest BCUT2D eigenvalue weighted by Crippen LogP contribution is 2.24. The molecule has 1 aromatic heterocycles. The molecule has 0 radical (unpaired) electrons. The van der Waals surface area contributed by atoms with Gasteiger partial charge in [0.1, 0.15) is 10.7 Å². The molecule has 0 unspecified atom stereocenters. The third kappa shape index (κ3) is 3.57. The van der Waals surface area contributed by atoms with E-state index in [9.17, 15) is 8.42 Å². The van der Waals surface area contributed by atoms with E-state index in [1.165, 1.54) is 23.6 Å². The summed E-state index contributed by atoms with van der Waals surface area (Å²) in [6, 6.07) is 1.32. The summed E-state index contributed by atoms with van der Waals surface area (Å²) in [5, 5.41) is 0.139. The number of nitrogen functional groups attached to an aromatic ring is 1. The quantitative estimate of drug-likeness (QED) is 0.924. The Hall–Kier alpha value is -0.850. The molecule has 0 bridgehead atoms. The molecule has 1 heterocycles. The topological polar surface area (TPSA) is 76.3 Å². The lowest BCUT2D eigenvalue weighted by Crippen LogP contribution is -2.34. The Morgan fingerprint density at radius 2 is 2.00 bits per heavy atom. The lowest BCUT2D eigenvalue weighted by molar-refractivity contribution is 0.310. The monoisotopic (exact) mass is 291 g/mol. The molecule has 7 heteroatoms. The number of nitrogens with zero attached hydrogens (tertiary/aromatic N) is 2. The summed E-state index contributed by atoms with van der Waals surface area (Å²) >= 11 is 5.79. The summed E-state index contributed by atoms with van der Waals surface area (Å²) in [6.45, 7) is 6.30. The van der Waals surface area contributed by atoms with Crippen LogP contribution >= 0.6 is 11.6 Å². The third-order valence-corrected chi connectivity index (χ3v) is 4.32. The second kappa shape index (κ2) is 5.03. The molecule has 0 aliphatic carbocycles. The minimum atomic E-state index is -3.58. The maximum atomic E-state index is 12.3. The van der Waals surface area contributed by atoms with Crippen molar-refractivity contribution in [2.24, 2.45) is 5.41 Å². The number of halogens is 1. The van der Waals surface area contributed by atoms with Crippen LogP contribution in [0.25, 0.3) is 0 Å². The first kappa shape index (κ1) is 15.2. The molecule has 1 rings (SSSR count). The third-order valence-electron chi connectivity index (χ3n) is 2.25. The lowest BCUT2D eigenvalue weighted by Gasteiger charge is -2.26. The van der Waals surface area contributed by atoms with Crippen LogP contribution in [0.4, 0.5) is 5.82 Å². The second-order valence-corrected chi connectivity index (χ2v) is 7.81. The van der Waals surface area contributed by atoms with Gasteiger partial charge in [0.15, 0.2) is 0 Å². The summed E-state index contributed by atoms with van der Waals surface area (Å²) in [5.41, 5.74) is 5.33. The number of hydrogen-bond acceptors (Lipinski definition) is 4. The van der Waals surface area contributed by atoms with Crippen LogP contribution in [-0.2, 0) is 10.0 Å². The molecule has 0 aliphatic heterocycles. The van der Waals surface area contributed by atoms with Gasteiger partial charge in [-0.15, -0.1) is 0 Å². The van der Waals surface area contributed by atoms with Gasteiger partial charge < -0.3 is 5.73 Å². The fourth-order valence-electron chi connectivity index (χ4n) is 1.50. The summed E-state index contributed by atoms with van der Waals surface area (Å²) in [7, 11) is -2.05. The zero-order valence-electron chi connectivity index (χ0n) is 10.9. The normalized spacial score (nSPS) is 13.0. The van der Waals surface area contributed by atoms with Gasteiger partial charge >= 0.3 is 0 Å². The molecule has 102 valence electrons. The van der Waals surface area contributed by atoms with E-state index in [0.29, 0.717) is 6.54 Å².